The molecule has 1 radical (unpaired) electrons. The van der Waals surface area contributed by atoms with Crippen LogP contribution in [0.3, 0.4) is 0 Å². The average Bonchev–Trinajstić information content (AvgIpc) is 3.39. The zero-order chi connectivity index (χ0) is 29.2. The summed E-state index contributed by atoms with van der Waals surface area (Å²) in [6, 6.07) is 47.6. The third-order valence-corrected chi connectivity index (χ3v) is 7.80. The molecule has 0 saturated carbocycles. The second-order valence-corrected chi connectivity index (χ2v) is 10.4. The molecule has 0 aliphatic carbocycles. The van der Waals surface area contributed by atoms with Crippen molar-refractivity contribution in [3.05, 3.63) is 157 Å². The van der Waals surface area contributed by atoms with Gasteiger partial charge < -0.3 is 9.97 Å². The maximum atomic E-state index is 4.91. The predicted octanol–water partition coefficient (Wildman–Crippen LogP) is 9.33. The molecule has 4 aromatic carbocycles. The SMILES string of the molecule is Cc1nn2c(c1C)c1ccc[c-]c1c1nccc(-c3ccc(-c4ccccc4)cc3)c12.[Ir].[c-]1ccccc1-c1ccccn1. The summed E-state index contributed by atoms with van der Waals surface area (Å²) in [6.07, 6.45) is 3.67. The average molecular weight is 745 g/mol. The maximum Gasteiger partial charge on any atom is 0.0624 e. The van der Waals surface area contributed by atoms with Crippen LogP contribution in [0.4, 0.5) is 0 Å². The van der Waals surface area contributed by atoms with Crippen LogP contribution in [0.5, 0.6) is 0 Å². The Labute approximate surface area is 270 Å². The fourth-order valence-corrected chi connectivity index (χ4v) is 5.55. The summed E-state index contributed by atoms with van der Waals surface area (Å²) in [5, 5.41) is 7.08. The molecule has 0 unspecified atom stereocenters. The van der Waals surface area contributed by atoms with Crippen LogP contribution in [0.1, 0.15) is 11.3 Å². The molecule has 0 aliphatic heterocycles. The van der Waals surface area contributed by atoms with Gasteiger partial charge in [-0.2, -0.15) is 5.10 Å². The van der Waals surface area contributed by atoms with Crippen LogP contribution in [-0.2, 0) is 20.1 Å². The normalized spacial score (nSPS) is 10.8. The van der Waals surface area contributed by atoms with Gasteiger partial charge in [-0.05, 0) is 53.9 Å². The molecule has 4 heterocycles. The summed E-state index contributed by atoms with van der Waals surface area (Å²) in [6.45, 7) is 4.21. The largest absolute Gasteiger partial charge is 0.305 e. The van der Waals surface area contributed by atoms with E-state index in [0.717, 1.165) is 55.4 Å². The summed E-state index contributed by atoms with van der Waals surface area (Å²) < 4.78 is 2.07. The van der Waals surface area contributed by atoms with E-state index >= 15 is 0 Å². The van der Waals surface area contributed by atoms with Crippen molar-refractivity contribution in [2.45, 2.75) is 13.8 Å². The Hall–Kier alpha value is -4.96. The number of fused-ring (bicyclic) bond motifs is 6. The van der Waals surface area contributed by atoms with Crippen LogP contribution in [0, 0.1) is 26.0 Å². The van der Waals surface area contributed by atoms with E-state index in [4.69, 9.17) is 10.1 Å². The summed E-state index contributed by atoms with van der Waals surface area (Å²) in [7, 11) is 0. The van der Waals surface area contributed by atoms with E-state index < -0.39 is 0 Å². The Kier molecular flexibility index (Phi) is 8.42. The van der Waals surface area contributed by atoms with Crippen LogP contribution in [-0.4, -0.2) is 19.6 Å². The second-order valence-electron chi connectivity index (χ2n) is 10.4. The van der Waals surface area contributed by atoms with Crippen molar-refractivity contribution in [3.8, 4) is 33.5 Å². The summed E-state index contributed by atoms with van der Waals surface area (Å²) in [5.74, 6) is 0. The van der Waals surface area contributed by atoms with Crippen LogP contribution < -0.4 is 0 Å². The van der Waals surface area contributed by atoms with Crippen molar-refractivity contribution >= 4 is 27.3 Å². The molecule has 44 heavy (non-hydrogen) atoms. The Morgan fingerprint density at radius 1 is 0.591 bits per heavy atom. The minimum absolute atomic E-state index is 0. The molecule has 0 atom stereocenters. The third-order valence-electron chi connectivity index (χ3n) is 7.80. The number of aryl methyl sites for hydroxylation is 2. The van der Waals surface area contributed by atoms with Crippen molar-refractivity contribution in [3.63, 3.8) is 0 Å². The van der Waals surface area contributed by atoms with E-state index in [-0.39, 0.29) is 20.1 Å². The topological polar surface area (TPSA) is 43.1 Å². The van der Waals surface area contributed by atoms with Gasteiger partial charge in [-0.3, -0.25) is 0 Å². The zero-order valence-corrected chi connectivity index (χ0v) is 26.7. The smallest absolute Gasteiger partial charge is 0.0624 e. The molecule has 0 spiro atoms. The fraction of sp³-hybridized carbons (Fsp3) is 0.0513. The molecule has 0 fully saturated rings. The van der Waals surface area contributed by atoms with Crippen molar-refractivity contribution in [1.29, 1.82) is 0 Å². The molecule has 0 amide bonds. The maximum absolute atomic E-state index is 4.91. The van der Waals surface area contributed by atoms with E-state index in [1.807, 2.05) is 66.9 Å². The molecule has 8 rings (SSSR count). The summed E-state index contributed by atoms with van der Waals surface area (Å²) in [5.41, 5.74) is 12.0. The van der Waals surface area contributed by atoms with Gasteiger partial charge in [-0.1, -0.05) is 72.1 Å². The van der Waals surface area contributed by atoms with Crippen molar-refractivity contribution in [2.75, 3.05) is 0 Å². The molecule has 8 aromatic rings. The molecule has 215 valence electrons. The van der Waals surface area contributed by atoms with E-state index in [1.54, 1.807) is 6.20 Å². The molecule has 5 heteroatoms. The van der Waals surface area contributed by atoms with Crippen molar-refractivity contribution in [2.24, 2.45) is 0 Å². The first-order chi connectivity index (χ1) is 21.2. The van der Waals surface area contributed by atoms with Crippen LogP contribution in [0.2, 0.25) is 0 Å². The third kappa shape index (κ3) is 5.44. The van der Waals surface area contributed by atoms with Gasteiger partial charge in [0, 0.05) is 49.1 Å². The van der Waals surface area contributed by atoms with Crippen molar-refractivity contribution < 1.29 is 20.1 Å². The fourth-order valence-electron chi connectivity index (χ4n) is 5.55. The van der Waals surface area contributed by atoms with Gasteiger partial charge in [-0.25, -0.2) is 4.52 Å². The van der Waals surface area contributed by atoms with Gasteiger partial charge in [-0.15, -0.1) is 65.5 Å². The molecule has 0 N–H and O–H groups in total. The Balaban J connectivity index is 0.000000222. The first-order valence-electron chi connectivity index (χ1n) is 14.3. The minimum atomic E-state index is 0. The first kappa shape index (κ1) is 29.1. The molecule has 4 nitrogen and oxygen atoms in total. The number of pyridine rings is 3. The second kappa shape index (κ2) is 12.7. The number of hydrogen-bond acceptors (Lipinski definition) is 3. The number of rotatable bonds is 3. The molecule has 0 saturated heterocycles. The standard InChI is InChI=1S/C28H20N3.C11H8N.Ir/c1-18-19(2)30-31-27(18)25-11-7-6-10-24(25)26-28(31)23(16-17-29-26)22-14-12-21(13-15-22)20-8-4-3-5-9-20;1-2-6-10(7-3-1)11-8-4-5-9-12-11;/h3-9,11-17H,1-2H3;1-6,8-9H;/q2*-1;. The molecule has 0 bridgehead atoms. The molecule has 0 aliphatic rings. The van der Waals surface area contributed by atoms with E-state index in [2.05, 4.69) is 96.1 Å². The van der Waals surface area contributed by atoms with Gasteiger partial charge in [0.15, 0.2) is 0 Å². The quantitative estimate of drug-likeness (QED) is 0.134. The Morgan fingerprint density at radius 3 is 2.07 bits per heavy atom. The van der Waals surface area contributed by atoms with E-state index in [0.29, 0.717) is 0 Å². The Bertz CT molecular complexity index is 2140. The van der Waals surface area contributed by atoms with Gasteiger partial charge in [0.2, 0.25) is 0 Å². The van der Waals surface area contributed by atoms with Crippen LogP contribution in [0.25, 0.3) is 60.8 Å². The summed E-state index contributed by atoms with van der Waals surface area (Å²) >= 11 is 0. The van der Waals surface area contributed by atoms with Gasteiger partial charge in [0.25, 0.3) is 0 Å². The van der Waals surface area contributed by atoms with Gasteiger partial charge in [0.05, 0.1) is 11.2 Å². The minimum Gasteiger partial charge on any atom is -0.305 e. The van der Waals surface area contributed by atoms with Crippen LogP contribution >= 0.6 is 0 Å². The van der Waals surface area contributed by atoms with Gasteiger partial charge >= 0.3 is 0 Å². The van der Waals surface area contributed by atoms with E-state index in [1.165, 1.54) is 16.7 Å². The molecular formula is C39H28IrN4-2. The monoisotopic (exact) mass is 745 g/mol. The zero-order valence-electron chi connectivity index (χ0n) is 24.3. The Morgan fingerprint density at radius 2 is 1.32 bits per heavy atom. The molecular weight excluding hydrogens is 717 g/mol. The summed E-state index contributed by atoms with van der Waals surface area (Å²) in [4.78, 5) is 8.98. The molecule has 4 aromatic heterocycles. The first-order valence-corrected chi connectivity index (χ1v) is 14.3. The number of aromatic nitrogens is 4. The number of nitrogens with zero attached hydrogens (tertiary/aromatic N) is 4. The predicted molar refractivity (Wildman–Crippen MR) is 176 cm³/mol. The van der Waals surface area contributed by atoms with Gasteiger partial charge in [0.1, 0.15) is 0 Å². The van der Waals surface area contributed by atoms with Crippen molar-refractivity contribution in [1.82, 2.24) is 19.6 Å². The van der Waals surface area contributed by atoms with Crippen LogP contribution in [0.15, 0.2) is 134 Å². The number of benzene rings is 4. The van der Waals surface area contributed by atoms with E-state index in [9.17, 15) is 0 Å². The number of hydrogen-bond donors (Lipinski definition) is 0.